The standard InChI is InChI=1S/C19H22BrCl2NO3/c1-3-14(10-24)23-9-13-6-15(20)19(18(8-13)25-2)26-11-12-4-5-16(21)17(22)7-12/h4-8,14,23-24H,3,9-11H2,1-2H3/t14-/m1/s1. The van der Waals surface area contributed by atoms with Crippen LogP contribution >= 0.6 is 39.1 Å². The van der Waals surface area contributed by atoms with Crippen molar-refractivity contribution in [2.45, 2.75) is 32.5 Å². The maximum atomic E-state index is 9.28. The molecule has 0 unspecified atom stereocenters. The molecule has 4 nitrogen and oxygen atoms in total. The van der Waals surface area contributed by atoms with Gasteiger partial charge in [0.15, 0.2) is 11.5 Å². The van der Waals surface area contributed by atoms with Crippen LogP contribution in [-0.4, -0.2) is 24.9 Å². The molecule has 0 spiro atoms. The van der Waals surface area contributed by atoms with Gasteiger partial charge in [-0.15, -0.1) is 0 Å². The highest BCUT2D eigenvalue weighted by molar-refractivity contribution is 9.10. The van der Waals surface area contributed by atoms with Crippen molar-refractivity contribution < 1.29 is 14.6 Å². The number of ether oxygens (including phenoxy) is 2. The van der Waals surface area contributed by atoms with Gasteiger partial charge in [0.1, 0.15) is 6.61 Å². The first kappa shape index (κ1) is 21.3. The van der Waals surface area contributed by atoms with E-state index >= 15 is 0 Å². The van der Waals surface area contributed by atoms with Crippen LogP contribution in [0.3, 0.4) is 0 Å². The molecule has 0 aliphatic rings. The van der Waals surface area contributed by atoms with Crippen LogP contribution < -0.4 is 14.8 Å². The molecule has 0 bridgehead atoms. The SMILES string of the molecule is CC[C@H](CO)NCc1cc(Br)c(OCc2ccc(Cl)c(Cl)c2)c(OC)c1. The summed E-state index contributed by atoms with van der Waals surface area (Å²) < 4.78 is 12.2. The first-order valence-electron chi connectivity index (χ1n) is 8.25. The van der Waals surface area contributed by atoms with Crippen LogP contribution in [0.1, 0.15) is 24.5 Å². The van der Waals surface area contributed by atoms with E-state index in [0.29, 0.717) is 34.7 Å². The van der Waals surface area contributed by atoms with Crippen LogP contribution in [0.4, 0.5) is 0 Å². The number of hydrogen-bond acceptors (Lipinski definition) is 4. The molecule has 0 radical (unpaired) electrons. The highest BCUT2D eigenvalue weighted by atomic mass is 79.9. The lowest BCUT2D eigenvalue weighted by atomic mass is 10.1. The van der Waals surface area contributed by atoms with E-state index < -0.39 is 0 Å². The predicted octanol–water partition coefficient (Wildman–Crippen LogP) is 5.20. The Morgan fingerprint density at radius 2 is 1.92 bits per heavy atom. The van der Waals surface area contributed by atoms with Crippen molar-refractivity contribution in [2.75, 3.05) is 13.7 Å². The van der Waals surface area contributed by atoms with Crippen molar-refractivity contribution in [3.05, 3.63) is 56.0 Å². The lowest BCUT2D eigenvalue weighted by molar-refractivity contribution is 0.238. The molecule has 0 aliphatic carbocycles. The van der Waals surface area contributed by atoms with Crippen LogP contribution in [0.2, 0.25) is 10.0 Å². The fourth-order valence-corrected chi connectivity index (χ4v) is 3.33. The second kappa shape index (κ2) is 10.4. The fourth-order valence-electron chi connectivity index (χ4n) is 2.40. The smallest absolute Gasteiger partial charge is 0.175 e. The first-order chi connectivity index (χ1) is 12.5. The maximum absolute atomic E-state index is 9.28. The molecule has 0 aliphatic heterocycles. The van der Waals surface area contributed by atoms with E-state index in [9.17, 15) is 5.11 Å². The lowest BCUT2D eigenvalue weighted by Crippen LogP contribution is -2.31. The van der Waals surface area contributed by atoms with Crippen LogP contribution in [0, 0.1) is 0 Å². The minimum atomic E-state index is 0.0744. The van der Waals surface area contributed by atoms with Gasteiger partial charge in [-0.1, -0.05) is 36.2 Å². The Morgan fingerprint density at radius 3 is 2.54 bits per heavy atom. The zero-order valence-electron chi connectivity index (χ0n) is 14.7. The molecule has 2 aromatic rings. The molecule has 7 heteroatoms. The second-order valence-corrected chi connectivity index (χ2v) is 7.48. The van der Waals surface area contributed by atoms with Crippen LogP contribution in [-0.2, 0) is 13.2 Å². The topological polar surface area (TPSA) is 50.7 Å². The van der Waals surface area contributed by atoms with Gasteiger partial charge in [0.25, 0.3) is 0 Å². The third-order valence-corrected chi connectivity index (χ3v) is 5.29. The Morgan fingerprint density at radius 1 is 1.15 bits per heavy atom. The average Bonchev–Trinajstić information content (AvgIpc) is 2.64. The van der Waals surface area contributed by atoms with Gasteiger partial charge in [0.2, 0.25) is 0 Å². The van der Waals surface area contributed by atoms with Gasteiger partial charge in [-0.2, -0.15) is 0 Å². The Kier molecular flexibility index (Phi) is 8.51. The number of hydrogen-bond donors (Lipinski definition) is 2. The number of methoxy groups -OCH3 is 1. The molecule has 0 amide bonds. The van der Waals surface area contributed by atoms with Gasteiger partial charge in [0.05, 0.1) is 28.2 Å². The van der Waals surface area contributed by atoms with E-state index in [1.165, 1.54) is 0 Å². The summed E-state index contributed by atoms with van der Waals surface area (Å²) in [5, 5.41) is 13.6. The summed E-state index contributed by atoms with van der Waals surface area (Å²) in [6, 6.07) is 9.37. The molecule has 0 saturated heterocycles. The summed E-state index contributed by atoms with van der Waals surface area (Å²) in [4.78, 5) is 0. The van der Waals surface area contributed by atoms with Crippen molar-refractivity contribution in [3.8, 4) is 11.5 Å². The van der Waals surface area contributed by atoms with Crippen molar-refractivity contribution >= 4 is 39.1 Å². The van der Waals surface area contributed by atoms with E-state index in [2.05, 4.69) is 21.2 Å². The number of aliphatic hydroxyl groups is 1. The normalized spacial score (nSPS) is 12.1. The maximum Gasteiger partial charge on any atom is 0.175 e. The minimum Gasteiger partial charge on any atom is -0.493 e. The van der Waals surface area contributed by atoms with Crippen molar-refractivity contribution in [1.29, 1.82) is 0 Å². The van der Waals surface area contributed by atoms with E-state index in [1.807, 2.05) is 25.1 Å². The largest absolute Gasteiger partial charge is 0.493 e. The Balaban J connectivity index is 2.11. The van der Waals surface area contributed by atoms with Gasteiger partial charge in [-0.25, -0.2) is 0 Å². The molecule has 2 rings (SSSR count). The van der Waals surface area contributed by atoms with E-state index in [1.54, 1.807) is 19.2 Å². The molecule has 0 fully saturated rings. The zero-order valence-corrected chi connectivity index (χ0v) is 17.8. The van der Waals surface area contributed by atoms with E-state index in [0.717, 1.165) is 22.0 Å². The van der Waals surface area contributed by atoms with Gasteiger partial charge < -0.3 is 19.9 Å². The molecule has 26 heavy (non-hydrogen) atoms. The van der Waals surface area contributed by atoms with Gasteiger partial charge >= 0.3 is 0 Å². The number of rotatable bonds is 9. The molecule has 2 N–H and O–H groups in total. The minimum absolute atomic E-state index is 0.0744. The third-order valence-electron chi connectivity index (χ3n) is 3.96. The number of halogens is 3. The summed E-state index contributed by atoms with van der Waals surface area (Å²) in [5.74, 6) is 1.25. The molecular weight excluding hydrogens is 441 g/mol. The molecular formula is C19H22BrCl2NO3. The summed E-state index contributed by atoms with van der Waals surface area (Å²) in [7, 11) is 1.60. The van der Waals surface area contributed by atoms with Crippen molar-refractivity contribution in [1.82, 2.24) is 5.32 Å². The quantitative estimate of drug-likeness (QED) is 0.537. The van der Waals surface area contributed by atoms with E-state index in [-0.39, 0.29) is 12.6 Å². The first-order valence-corrected chi connectivity index (χ1v) is 9.80. The number of nitrogens with one attached hydrogen (secondary N) is 1. The van der Waals surface area contributed by atoms with Crippen LogP contribution in [0.15, 0.2) is 34.8 Å². The second-order valence-electron chi connectivity index (χ2n) is 5.81. The molecule has 0 aromatic heterocycles. The molecule has 1 atom stereocenters. The summed E-state index contributed by atoms with van der Waals surface area (Å²) in [6.07, 6.45) is 0.861. The van der Waals surface area contributed by atoms with Gasteiger partial charge in [-0.05, 0) is 57.7 Å². The fraction of sp³-hybridized carbons (Fsp3) is 0.368. The zero-order chi connectivity index (χ0) is 19.1. The molecule has 0 heterocycles. The van der Waals surface area contributed by atoms with Gasteiger partial charge in [-0.3, -0.25) is 0 Å². The monoisotopic (exact) mass is 461 g/mol. The summed E-state index contributed by atoms with van der Waals surface area (Å²) in [5.41, 5.74) is 1.94. The molecule has 2 aromatic carbocycles. The molecule has 0 saturated carbocycles. The highest BCUT2D eigenvalue weighted by Gasteiger charge is 2.13. The Labute approximate surface area is 172 Å². The van der Waals surface area contributed by atoms with E-state index in [4.69, 9.17) is 32.7 Å². The average molecular weight is 463 g/mol. The number of benzene rings is 2. The summed E-state index contributed by atoms with van der Waals surface area (Å²) in [6.45, 7) is 3.11. The van der Waals surface area contributed by atoms with Crippen LogP contribution in [0.5, 0.6) is 11.5 Å². The third kappa shape index (κ3) is 5.76. The Hall–Kier alpha value is -0.980. The van der Waals surface area contributed by atoms with Crippen molar-refractivity contribution in [2.24, 2.45) is 0 Å². The van der Waals surface area contributed by atoms with Gasteiger partial charge in [0, 0.05) is 12.6 Å². The van der Waals surface area contributed by atoms with Crippen LogP contribution in [0.25, 0.3) is 0 Å². The lowest BCUT2D eigenvalue weighted by Gasteiger charge is -2.17. The molecule has 142 valence electrons. The highest BCUT2D eigenvalue weighted by Crippen LogP contribution is 2.37. The summed E-state index contributed by atoms with van der Waals surface area (Å²) >= 11 is 15.5. The number of aliphatic hydroxyl groups excluding tert-OH is 1. The Bertz CT molecular complexity index is 739. The van der Waals surface area contributed by atoms with Crippen molar-refractivity contribution in [3.63, 3.8) is 0 Å². The predicted molar refractivity (Wildman–Crippen MR) is 109 cm³/mol.